The molecule has 0 aliphatic carbocycles. The minimum absolute atomic E-state index is 0.259. The van der Waals surface area contributed by atoms with E-state index in [0.29, 0.717) is 22.1 Å². The van der Waals surface area contributed by atoms with Crippen LogP contribution < -0.4 is 10.5 Å². The van der Waals surface area contributed by atoms with Gasteiger partial charge < -0.3 is 14.9 Å². The van der Waals surface area contributed by atoms with E-state index in [1.807, 2.05) is 12.1 Å². The van der Waals surface area contributed by atoms with Crippen LogP contribution in [0.5, 0.6) is 5.75 Å². The van der Waals surface area contributed by atoms with Gasteiger partial charge in [-0.2, -0.15) is 0 Å². The van der Waals surface area contributed by atoms with Crippen LogP contribution in [-0.4, -0.2) is 7.11 Å². The molecule has 108 valence electrons. The number of para-hydroxylation sites is 1. The van der Waals surface area contributed by atoms with Crippen LogP contribution in [0.3, 0.4) is 0 Å². The molecule has 0 radical (unpaired) electrons. The lowest BCUT2D eigenvalue weighted by molar-refractivity contribution is 0.397. The van der Waals surface area contributed by atoms with Crippen LogP contribution in [0.1, 0.15) is 17.4 Å². The van der Waals surface area contributed by atoms with Crippen LogP contribution in [0, 0.1) is 5.82 Å². The number of methoxy groups -OCH3 is 1. The van der Waals surface area contributed by atoms with Gasteiger partial charge in [0, 0.05) is 5.39 Å². The third-order valence-electron chi connectivity index (χ3n) is 3.37. The number of benzene rings is 2. The molecule has 3 rings (SSSR count). The molecular formula is C16H13ClFNO2. The second-order valence-corrected chi connectivity index (χ2v) is 5.05. The third kappa shape index (κ3) is 2.37. The number of rotatable bonds is 3. The van der Waals surface area contributed by atoms with Crippen molar-refractivity contribution in [1.29, 1.82) is 0 Å². The van der Waals surface area contributed by atoms with Gasteiger partial charge in [0.25, 0.3) is 0 Å². The van der Waals surface area contributed by atoms with Crippen molar-refractivity contribution in [2.45, 2.75) is 6.04 Å². The first-order valence-electron chi connectivity index (χ1n) is 6.37. The topological polar surface area (TPSA) is 48.4 Å². The SMILES string of the molecule is COc1cccc(F)c1C(N)c1cc2cccc(Cl)c2o1. The zero-order valence-electron chi connectivity index (χ0n) is 11.3. The molecule has 0 spiro atoms. The van der Waals surface area contributed by atoms with Crippen LogP contribution in [-0.2, 0) is 0 Å². The molecule has 0 saturated carbocycles. The Hall–Kier alpha value is -2.04. The average molecular weight is 306 g/mol. The van der Waals surface area contributed by atoms with Crippen molar-refractivity contribution < 1.29 is 13.5 Å². The van der Waals surface area contributed by atoms with E-state index in [9.17, 15) is 4.39 Å². The van der Waals surface area contributed by atoms with Crippen molar-refractivity contribution in [3.63, 3.8) is 0 Å². The summed E-state index contributed by atoms with van der Waals surface area (Å²) in [5.74, 6) is 0.379. The number of hydrogen-bond donors (Lipinski definition) is 1. The maximum absolute atomic E-state index is 14.1. The summed E-state index contributed by atoms with van der Waals surface area (Å²) >= 11 is 6.08. The highest BCUT2D eigenvalue weighted by Gasteiger charge is 2.22. The first kappa shape index (κ1) is 13.9. The summed E-state index contributed by atoms with van der Waals surface area (Å²) in [7, 11) is 1.47. The van der Waals surface area contributed by atoms with E-state index in [-0.39, 0.29) is 5.56 Å². The predicted octanol–water partition coefficient (Wildman–Crippen LogP) is 4.28. The fourth-order valence-electron chi connectivity index (χ4n) is 2.34. The van der Waals surface area contributed by atoms with Crippen LogP contribution in [0.15, 0.2) is 46.9 Å². The molecule has 0 fully saturated rings. The molecular weight excluding hydrogens is 293 g/mol. The van der Waals surface area contributed by atoms with E-state index < -0.39 is 11.9 Å². The number of furan rings is 1. The Bertz CT molecular complexity index is 800. The van der Waals surface area contributed by atoms with Crippen LogP contribution in [0.2, 0.25) is 5.02 Å². The van der Waals surface area contributed by atoms with Crippen molar-refractivity contribution in [2.24, 2.45) is 5.73 Å². The van der Waals surface area contributed by atoms with E-state index in [1.54, 1.807) is 24.3 Å². The van der Waals surface area contributed by atoms with Crippen molar-refractivity contribution in [1.82, 2.24) is 0 Å². The Morgan fingerprint density at radius 3 is 2.71 bits per heavy atom. The summed E-state index contributed by atoms with van der Waals surface area (Å²) in [4.78, 5) is 0. The van der Waals surface area contributed by atoms with Gasteiger partial charge in [-0.15, -0.1) is 0 Å². The molecule has 5 heteroatoms. The van der Waals surface area contributed by atoms with Crippen molar-refractivity contribution in [3.8, 4) is 5.75 Å². The first-order chi connectivity index (χ1) is 10.1. The predicted molar refractivity (Wildman–Crippen MR) is 80.2 cm³/mol. The summed E-state index contributed by atoms with van der Waals surface area (Å²) in [6.07, 6.45) is 0. The van der Waals surface area contributed by atoms with Crippen molar-refractivity contribution >= 4 is 22.6 Å². The quantitative estimate of drug-likeness (QED) is 0.785. The van der Waals surface area contributed by atoms with Crippen LogP contribution >= 0.6 is 11.6 Å². The van der Waals surface area contributed by atoms with Gasteiger partial charge in [0.1, 0.15) is 17.3 Å². The summed E-state index contributed by atoms with van der Waals surface area (Å²) < 4.78 is 24.9. The molecule has 1 aromatic heterocycles. The Balaban J connectivity index is 2.13. The standard InChI is InChI=1S/C16H13ClFNO2/c1-20-12-7-3-6-11(18)14(12)15(19)13-8-9-4-2-5-10(17)16(9)21-13/h2-8,15H,19H2,1H3. The van der Waals surface area contributed by atoms with Gasteiger partial charge >= 0.3 is 0 Å². The molecule has 0 aliphatic rings. The molecule has 0 bridgehead atoms. The van der Waals surface area contributed by atoms with Gasteiger partial charge in [-0.05, 0) is 24.3 Å². The number of fused-ring (bicyclic) bond motifs is 1. The van der Waals surface area contributed by atoms with Crippen LogP contribution in [0.25, 0.3) is 11.0 Å². The Labute approximate surface area is 126 Å². The molecule has 1 unspecified atom stereocenters. The first-order valence-corrected chi connectivity index (χ1v) is 6.75. The molecule has 21 heavy (non-hydrogen) atoms. The average Bonchev–Trinajstić information content (AvgIpc) is 2.92. The Morgan fingerprint density at radius 2 is 2.00 bits per heavy atom. The molecule has 0 aliphatic heterocycles. The molecule has 1 atom stereocenters. The zero-order chi connectivity index (χ0) is 15.0. The molecule has 3 aromatic rings. The number of ether oxygens (including phenoxy) is 1. The van der Waals surface area contributed by atoms with E-state index in [2.05, 4.69) is 0 Å². The van der Waals surface area contributed by atoms with E-state index in [1.165, 1.54) is 13.2 Å². The minimum Gasteiger partial charge on any atom is -0.496 e. The number of hydrogen-bond acceptors (Lipinski definition) is 3. The Morgan fingerprint density at radius 1 is 1.24 bits per heavy atom. The fourth-order valence-corrected chi connectivity index (χ4v) is 2.56. The normalized spacial score (nSPS) is 12.6. The van der Waals surface area contributed by atoms with Crippen LogP contribution in [0.4, 0.5) is 4.39 Å². The van der Waals surface area contributed by atoms with Crippen molar-refractivity contribution in [3.05, 3.63) is 64.6 Å². The van der Waals surface area contributed by atoms with Gasteiger partial charge in [-0.3, -0.25) is 0 Å². The lowest BCUT2D eigenvalue weighted by Gasteiger charge is -2.14. The van der Waals surface area contributed by atoms with Gasteiger partial charge in [-0.25, -0.2) is 4.39 Å². The van der Waals surface area contributed by atoms with Gasteiger partial charge in [-0.1, -0.05) is 29.8 Å². The molecule has 0 amide bonds. The number of halogens is 2. The molecule has 2 aromatic carbocycles. The zero-order valence-corrected chi connectivity index (χ0v) is 12.0. The highest BCUT2D eigenvalue weighted by Crippen LogP contribution is 2.35. The lowest BCUT2D eigenvalue weighted by Crippen LogP contribution is -2.14. The van der Waals surface area contributed by atoms with Gasteiger partial charge in [0.05, 0.1) is 23.7 Å². The minimum atomic E-state index is -0.774. The largest absolute Gasteiger partial charge is 0.496 e. The van der Waals surface area contributed by atoms with E-state index in [4.69, 9.17) is 26.5 Å². The highest BCUT2D eigenvalue weighted by molar-refractivity contribution is 6.34. The summed E-state index contributed by atoms with van der Waals surface area (Å²) in [5.41, 5.74) is 6.95. The summed E-state index contributed by atoms with van der Waals surface area (Å²) in [6, 6.07) is 11.0. The van der Waals surface area contributed by atoms with Gasteiger partial charge in [0.2, 0.25) is 0 Å². The fraction of sp³-hybridized carbons (Fsp3) is 0.125. The maximum Gasteiger partial charge on any atom is 0.152 e. The maximum atomic E-state index is 14.1. The molecule has 3 nitrogen and oxygen atoms in total. The molecule has 1 heterocycles. The number of nitrogens with two attached hydrogens (primary N) is 1. The van der Waals surface area contributed by atoms with E-state index >= 15 is 0 Å². The van der Waals surface area contributed by atoms with E-state index in [0.717, 1.165) is 5.39 Å². The smallest absolute Gasteiger partial charge is 0.152 e. The van der Waals surface area contributed by atoms with Crippen molar-refractivity contribution in [2.75, 3.05) is 7.11 Å². The Kier molecular flexibility index (Phi) is 3.57. The second kappa shape index (κ2) is 5.39. The third-order valence-corrected chi connectivity index (χ3v) is 3.66. The second-order valence-electron chi connectivity index (χ2n) is 4.64. The molecule has 2 N–H and O–H groups in total. The highest BCUT2D eigenvalue weighted by atomic mass is 35.5. The lowest BCUT2D eigenvalue weighted by atomic mass is 10.0. The monoisotopic (exact) mass is 305 g/mol. The van der Waals surface area contributed by atoms with Gasteiger partial charge in [0.15, 0.2) is 5.58 Å². The molecule has 0 saturated heterocycles. The summed E-state index contributed by atoms with van der Waals surface area (Å²) in [6.45, 7) is 0. The summed E-state index contributed by atoms with van der Waals surface area (Å²) in [5, 5.41) is 1.31.